The van der Waals surface area contributed by atoms with E-state index in [1.54, 1.807) is 29.8 Å². The average molecular weight is 336 g/mol. The van der Waals surface area contributed by atoms with Crippen LogP contribution in [0.15, 0.2) is 59.5 Å². The standard InChI is InChI=1S/C17H16N6O2/c18-16-19-9-13-10-22(14-6-7-25-11-14)23(15(13)21-16)17(24)20-8-12-4-2-1-3-5-12/h1-7,9,11H,8,10H2,(H,20,24)(H2,18,19,21). The zero-order chi connectivity index (χ0) is 17.2. The van der Waals surface area contributed by atoms with Crippen LogP contribution in [0.2, 0.25) is 0 Å². The average Bonchev–Trinajstić information content (AvgIpc) is 3.27. The molecule has 0 fully saturated rings. The zero-order valence-corrected chi connectivity index (χ0v) is 13.3. The first-order valence-corrected chi connectivity index (χ1v) is 7.75. The molecule has 0 bridgehead atoms. The van der Waals surface area contributed by atoms with E-state index in [4.69, 9.17) is 10.2 Å². The van der Waals surface area contributed by atoms with Crippen LogP contribution in [0.5, 0.6) is 0 Å². The largest absolute Gasteiger partial charge is 0.470 e. The molecule has 0 atom stereocenters. The molecule has 0 aliphatic carbocycles. The Morgan fingerprint density at radius 3 is 2.88 bits per heavy atom. The van der Waals surface area contributed by atoms with Crippen LogP contribution in [-0.4, -0.2) is 16.0 Å². The number of carbonyl (C=O) groups excluding carboxylic acids is 1. The summed E-state index contributed by atoms with van der Waals surface area (Å²) in [6, 6.07) is 11.2. The number of fused-ring (bicyclic) bond motifs is 1. The summed E-state index contributed by atoms with van der Waals surface area (Å²) in [5.74, 6) is 0.591. The minimum atomic E-state index is -0.304. The Kier molecular flexibility index (Phi) is 3.70. The first-order valence-electron chi connectivity index (χ1n) is 7.75. The Hall–Kier alpha value is -3.55. The third kappa shape index (κ3) is 2.85. The van der Waals surface area contributed by atoms with Crippen LogP contribution >= 0.6 is 0 Å². The Balaban J connectivity index is 1.61. The molecule has 126 valence electrons. The number of hydrazine groups is 1. The molecule has 3 N–H and O–H groups in total. The lowest BCUT2D eigenvalue weighted by Crippen LogP contribution is -2.48. The maximum atomic E-state index is 12.8. The summed E-state index contributed by atoms with van der Waals surface area (Å²) in [4.78, 5) is 21.1. The number of nitrogen functional groups attached to an aromatic ring is 1. The van der Waals surface area contributed by atoms with Gasteiger partial charge in [-0.25, -0.2) is 9.78 Å². The molecule has 25 heavy (non-hydrogen) atoms. The third-order valence-electron chi connectivity index (χ3n) is 3.91. The van der Waals surface area contributed by atoms with Gasteiger partial charge in [0.05, 0.1) is 18.5 Å². The fourth-order valence-electron chi connectivity index (χ4n) is 2.72. The van der Waals surface area contributed by atoms with E-state index in [0.717, 1.165) is 16.8 Å². The Bertz CT molecular complexity index is 881. The van der Waals surface area contributed by atoms with E-state index in [0.29, 0.717) is 18.9 Å². The SMILES string of the molecule is Nc1ncc2c(n1)N(C(=O)NCc1ccccc1)N(c1ccoc1)C2. The zero-order valence-electron chi connectivity index (χ0n) is 13.3. The number of furan rings is 1. The van der Waals surface area contributed by atoms with Gasteiger partial charge in [-0.15, -0.1) is 0 Å². The fourth-order valence-corrected chi connectivity index (χ4v) is 2.72. The van der Waals surface area contributed by atoms with Crippen molar-refractivity contribution in [3.05, 3.63) is 66.2 Å². The summed E-state index contributed by atoms with van der Waals surface area (Å²) in [7, 11) is 0. The van der Waals surface area contributed by atoms with Crippen LogP contribution < -0.4 is 21.1 Å². The van der Waals surface area contributed by atoms with Crippen molar-refractivity contribution in [1.29, 1.82) is 0 Å². The smallest absolute Gasteiger partial charge is 0.342 e. The molecule has 4 rings (SSSR count). The van der Waals surface area contributed by atoms with E-state index >= 15 is 0 Å². The molecule has 1 aliphatic heterocycles. The second kappa shape index (κ2) is 6.16. The lowest BCUT2D eigenvalue weighted by atomic mass is 10.2. The minimum Gasteiger partial charge on any atom is -0.470 e. The summed E-state index contributed by atoms with van der Waals surface area (Å²) < 4.78 is 5.15. The molecule has 0 radical (unpaired) electrons. The van der Waals surface area contributed by atoms with Gasteiger partial charge in [0.25, 0.3) is 0 Å². The molecule has 3 heterocycles. The number of carbonyl (C=O) groups is 1. The molecule has 1 aliphatic rings. The molecule has 8 nitrogen and oxygen atoms in total. The highest BCUT2D eigenvalue weighted by molar-refractivity contribution is 5.96. The monoisotopic (exact) mass is 336 g/mol. The molecule has 8 heteroatoms. The van der Waals surface area contributed by atoms with E-state index in [1.165, 1.54) is 5.01 Å². The Morgan fingerprint density at radius 2 is 2.12 bits per heavy atom. The number of hydrogen-bond donors (Lipinski definition) is 2. The lowest BCUT2D eigenvalue weighted by molar-refractivity contribution is 0.245. The predicted molar refractivity (Wildman–Crippen MR) is 92.5 cm³/mol. The second-order valence-corrected chi connectivity index (χ2v) is 5.57. The normalized spacial score (nSPS) is 13.0. The fraction of sp³-hybridized carbons (Fsp3) is 0.118. The number of amides is 2. The highest BCUT2D eigenvalue weighted by atomic mass is 16.3. The number of nitrogens with one attached hydrogen (secondary N) is 1. The highest BCUT2D eigenvalue weighted by Crippen LogP contribution is 2.33. The van der Waals surface area contributed by atoms with Crippen molar-refractivity contribution in [3.63, 3.8) is 0 Å². The van der Waals surface area contributed by atoms with E-state index in [-0.39, 0.29) is 12.0 Å². The quantitative estimate of drug-likeness (QED) is 0.761. The van der Waals surface area contributed by atoms with Gasteiger partial charge in [-0.2, -0.15) is 9.99 Å². The van der Waals surface area contributed by atoms with E-state index < -0.39 is 0 Å². The van der Waals surface area contributed by atoms with Gasteiger partial charge in [0.15, 0.2) is 5.82 Å². The molecule has 0 saturated heterocycles. The molecule has 3 aromatic rings. The van der Waals surface area contributed by atoms with Crippen LogP contribution in [0.3, 0.4) is 0 Å². The molecule has 0 unspecified atom stereocenters. The number of nitrogens with two attached hydrogens (primary N) is 1. The molecule has 1 aromatic carbocycles. The number of urea groups is 1. The van der Waals surface area contributed by atoms with Crippen molar-refractivity contribution in [3.8, 4) is 0 Å². The summed E-state index contributed by atoms with van der Waals surface area (Å²) in [5.41, 5.74) is 8.26. The molecular formula is C17H16N6O2. The van der Waals surface area contributed by atoms with Gasteiger partial charge in [0, 0.05) is 24.4 Å². The van der Waals surface area contributed by atoms with Crippen molar-refractivity contribution in [2.75, 3.05) is 15.8 Å². The first-order chi connectivity index (χ1) is 12.2. The molecule has 2 amide bonds. The Labute approximate surface area is 143 Å². The summed E-state index contributed by atoms with van der Waals surface area (Å²) >= 11 is 0. The van der Waals surface area contributed by atoms with Crippen LogP contribution in [-0.2, 0) is 13.1 Å². The topological polar surface area (TPSA) is 101 Å². The molecular weight excluding hydrogens is 320 g/mol. The van der Waals surface area contributed by atoms with Gasteiger partial charge >= 0.3 is 6.03 Å². The van der Waals surface area contributed by atoms with E-state index in [9.17, 15) is 4.79 Å². The number of aromatic nitrogens is 2. The van der Waals surface area contributed by atoms with Crippen LogP contribution in [0.25, 0.3) is 0 Å². The lowest BCUT2D eigenvalue weighted by Gasteiger charge is -2.28. The number of rotatable bonds is 3. The maximum absolute atomic E-state index is 12.8. The minimum absolute atomic E-state index is 0.119. The first kappa shape index (κ1) is 15.0. The van der Waals surface area contributed by atoms with Crippen molar-refractivity contribution in [2.24, 2.45) is 0 Å². The van der Waals surface area contributed by atoms with Gasteiger partial charge in [0.1, 0.15) is 6.26 Å². The van der Waals surface area contributed by atoms with E-state index in [2.05, 4.69) is 15.3 Å². The summed E-state index contributed by atoms with van der Waals surface area (Å²) in [6.07, 6.45) is 4.76. The van der Waals surface area contributed by atoms with E-state index in [1.807, 2.05) is 30.3 Å². The number of benzene rings is 1. The Morgan fingerprint density at radius 1 is 1.28 bits per heavy atom. The highest BCUT2D eigenvalue weighted by Gasteiger charge is 2.35. The van der Waals surface area contributed by atoms with Crippen molar-refractivity contribution >= 4 is 23.5 Å². The van der Waals surface area contributed by atoms with Crippen molar-refractivity contribution < 1.29 is 9.21 Å². The van der Waals surface area contributed by atoms with Crippen LogP contribution in [0.4, 0.5) is 22.2 Å². The maximum Gasteiger partial charge on any atom is 0.342 e. The van der Waals surface area contributed by atoms with Gasteiger partial charge in [0.2, 0.25) is 5.95 Å². The van der Waals surface area contributed by atoms with Crippen LogP contribution in [0, 0.1) is 0 Å². The number of nitrogens with zero attached hydrogens (tertiary/aromatic N) is 4. The molecule has 0 saturated carbocycles. The molecule has 0 spiro atoms. The molecule has 2 aromatic heterocycles. The van der Waals surface area contributed by atoms with Gasteiger partial charge in [-0.1, -0.05) is 30.3 Å². The van der Waals surface area contributed by atoms with Crippen molar-refractivity contribution in [1.82, 2.24) is 15.3 Å². The van der Waals surface area contributed by atoms with Crippen molar-refractivity contribution in [2.45, 2.75) is 13.1 Å². The number of anilines is 3. The third-order valence-corrected chi connectivity index (χ3v) is 3.91. The number of hydrogen-bond acceptors (Lipinski definition) is 6. The van der Waals surface area contributed by atoms with Crippen LogP contribution in [0.1, 0.15) is 11.1 Å². The van der Waals surface area contributed by atoms with Gasteiger partial charge < -0.3 is 15.5 Å². The second-order valence-electron chi connectivity index (χ2n) is 5.57. The predicted octanol–water partition coefficient (Wildman–Crippen LogP) is 2.30. The summed E-state index contributed by atoms with van der Waals surface area (Å²) in [5, 5.41) is 6.13. The van der Waals surface area contributed by atoms with Gasteiger partial charge in [-0.05, 0) is 5.56 Å². The summed E-state index contributed by atoms with van der Waals surface area (Å²) in [6.45, 7) is 0.860. The van der Waals surface area contributed by atoms with Gasteiger partial charge in [-0.3, -0.25) is 5.01 Å².